The Morgan fingerprint density at radius 2 is 1.77 bits per heavy atom. The average molecular weight is 185 g/mol. The van der Waals surface area contributed by atoms with Crippen molar-refractivity contribution in [1.29, 1.82) is 0 Å². The van der Waals surface area contributed by atoms with Crippen LogP contribution >= 0.6 is 0 Å². The largest absolute Gasteiger partial charge is 0.325 e. The van der Waals surface area contributed by atoms with Crippen LogP contribution in [0.5, 0.6) is 0 Å². The quantitative estimate of drug-likeness (QED) is 0.642. The summed E-state index contributed by atoms with van der Waals surface area (Å²) in [5.41, 5.74) is 6.52. The van der Waals surface area contributed by atoms with E-state index in [0.29, 0.717) is 5.92 Å². The molecule has 80 valence electrons. The molecular formula is C12H27N. The first-order chi connectivity index (χ1) is 6.10. The molecule has 0 aromatic carbocycles. The van der Waals surface area contributed by atoms with Crippen molar-refractivity contribution in [2.75, 3.05) is 0 Å². The molecule has 0 fully saturated rings. The molecule has 0 rings (SSSR count). The predicted molar refractivity (Wildman–Crippen MR) is 60.8 cm³/mol. The van der Waals surface area contributed by atoms with E-state index in [9.17, 15) is 0 Å². The molecule has 0 amide bonds. The lowest BCUT2D eigenvalue weighted by Crippen LogP contribution is -2.45. The van der Waals surface area contributed by atoms with Crippen LogP contribution in [0.2, 0.25) is 0 Å². The van der Waals surface area contributed by atoms with Gasteiger partial charge in [-0.25, -0.2) is 0 Å². The molecule has 0 aliphatic carbocycles. The van der Waals surface area contributed by atoms with Gasteiger partial charge in [0, 0.05) is 5.54 Å². The van der Waals surface area contributed by atoms with Crippen molar-refractivity contribution in [2.45, 2.75) is 71.8 Å². The first-order valence-electron chi connectivity index (χ1n) is 5.89. The molecule has 13 heavy (non-hydrogen) atoms. The Morgan fingerprint density at radius 1 is 1.15 bits per heavy atom. The minimum atomic E-state index is 0.103. The Kier molecular flexibility index (Phi) is 6.40. The Balaban J connectivity index is 4.07. The van der Waals surface area contributed by atoms with E-state index in [1.54, 1.807) is 0 Å². The zero-order chi connectivity index (χ0) is 10.3. The predicted octanol–water partition coefficient (Wildman–Crippen LogP) is 3.72. The number of nitrogens with two attached hydrogens (primary N) is 1. The second-order valence-corrected chi connectivity index (χ2v) is 4.38. The summed E-state index contributed by atoms with van der Waals surface area (Å²) in [7, 11) is 0. The molecule has 0 aliphatic rings. The summed E-state index contributed by atoms with van der Waals surface area (Å²) in [6.07, 6.45) is 7.38. The zero-order valence-corrected chi connectivity index (χ0v) is 9.90. The summed E-state index contributed by atoms with van der Waals surface area (Å²) in [5, 5.41) is 0. The topological polar surface area (TPSA) is 26.0 Å². The summed E-state index contributed by atoms with van der Waals surface area (Å²) in [5.74, 6) is 0.675. The Morgan fingerprint density at radius 3 is 2.15 bits per heavy atom. The fourth-order valence-electron chi connectivity index (χ4n) is 2.00. The van der Waals surface area contributed by atoms with Crippen LogP contribution in [0.3, 0.4) is 0 Å². The Labute approximate surface area is 84.1 Å². The molecule has 0 saturated heterocycles. The molecule has 2 atom stereocenters. The Hall–Kier alpha value is -0.0400. The van der Waals surface area contributed by atoms with Crippen molar-refractivity contribution in [1.82, 2.24) is 0 Å². The van der Waals surface area contributed by atoms with Gasteiger partial charge in [0.25, 0.3) is 0 Å². The van der Waals surface area contributed by atoms with Gasteiger partial charge < -0.3 is 5.73 Å². The standard InChI is InChI=1S/C12H27N/c1-5-8-10-12(13,7-3)11(4)9-6-2/h11H,5-10,13H2,1-4H3. The summed E-state index contributed by atoms with van der Waals surface area (Å²) in [6.45, 7) is 9.01. The van der Waals surface area contributed by atoms with E-state index in [1.165, 1.54) is 32.1 Å². The van der Waals surface area contributed by atoms with Crippen LogP contribution in [-0.4, -0.2) is 5.54 Å². The molecule has 0 radical (unpaired) electrons. The first-order valence-corrected chi connectivity index (χ1v) is 5.89. The van der Waals surface area contributed by atoms with Gasteiger partial charge in [-0.15, -0.1) is 0 Å². The second kappa shape index (κ2) is 6.42. The average Bonchev–Trinajstić information content (AvgIpc) is 2.14. The van der Waals surface area contributed by atoms with Gasteiger partial charge in [-0.1, -0.05) is 47.0 Å². The third-order valence-corrected chi connectivity index (χ3v) is 3.36. The fraction of sp³-hybridized carbons (Fsp3) is 1.00. The van der Waals surface area contributed by atoms with Crippen LogP contribution in [0.15, 0.2) is 0 Å². The van der Waals surface area contributed by atoms with Crippen molar-refractivity contribution in [3.8, 4) is 0 Å². The van der Waals surface area contributed by atoms with Crippen molar-refractivity contribution < 1.29 is 0 Å². The summed E-state index contributed by atoms with van der Waals surface area (Å²) < 4.78 is 0. The zero-order valence-electron chi connectivity index (χ0n) is 9.90. The highest BCUT2D eigenvalue weighted by atomic mass is 14.7. The smallest absolute Gasteiger partial charge is 0.0177 e. The minimum absolute atomic E-state index is 0.103. The molecule has 0 heterocycles. The van der Waals surface area contributed by atoms with Gasteiger partial charge in [-0.2, -0.15) is 0 Å². The normalized spacial score (nSPS) is 18.2. The third kappa shape index (κ3) is 4.12. The summed E-state index contributed by atoms with van der Waals surface area (Å²) in [6, 6.07) is 0. The van der Waals surface area contributed by atoms with Crippen LogP contribution in [0, 0.1) is 5.92 Å². The maximum atomic E-state index is 6.41. The molecule has 0 spiro atoms. The van der Waals surface area contributed by atoms with Crippen LogP contribution in [-0.2, 0) is 0 Å². The van der Waals surface area contributed by atoms with Crippen molar-refractivity contribution in [3.63, 3.8) is 0 Å². The second-order valence-electron chi connectivity index (χ2n) is 4.38. The lowest BCUT2D eigenvalue weighted by Gasteiger charge is -2.35. The third-order valence-electron chi connectivity index (χ3n) is 3.36. The van der Waals surface area contributed by atoms with E-state index in [1.807, 2.05) is 0 Å². The molecule has 1 nitrogen and oxygen atoms in total. The highest BCUT2D eigenvalue weighted by Gasteiger charge is 2.28. The lowest BCUT2D eigenvalue weighted by molar-refractivity contribution is 0.240. The van der Waals surface area contributed by atoms with Crippen LogP contribution in [0.1, 0.15) is 66.2 Å². The highest BCUT2D eigenvalue weighted by molar-refractivity contribution is 4.87. The Bertz CT molecular complexity index is 122. The van der Waals surface area contributed by atoms with Gasteiger partial charge >= 0.3 is 0 Å². The van der Waals surface area contributed by atoms with Crippen LogP contribution in [0.4, 0.5) is 0 Å². The summed E-state index contributed by atoms with van der Waals surface area (Å²) >= 11 is 0. The maximum absolute atomic E-state index is 6.41. The first kappa shape index (κ1) is 13.0. The van der Waals surface area contributed by atoms with Crippen LogP contribution in [0.25, 0.3) is 0 Å². The molecule has 0 saturated carbocycles. The number of unbranched alkanes of at least 4 members (excludes halogenated alkanes) is 1. The van der Waals surface area contributed by atoms with Gasteiger partial charge in [0.1, 0.15) is 0 Å². The fourth-order valence-corrected chi connectivity index (χ4v) is 2.00. The van der Waals surface area contributed by atoms with Crippen molar-refractivity contribution in [2.24, 2.45) is 11.7 Å². The van der Waals surface area contributed by atoms with Crippen LogP contribution < -0.4 is 5.73 Å². The molecule has 0 aromatic heterocycles. The maximum Gasteiger partial charge on any atom is 0.0177 e. The van der Waals surface area contributed by atoms with E-state index in [2.05, 4.69) is 27.7 Å². The van der Waals surface area contributed by atoms with E-state index in [0.717, 1.165) is 6.42 Å². The molecule has 2 N–H and O–H groups in total. The molecular weight excluding hydrogens is 158 g/mol. The van der Waals surface area contributed by atoms with Gasteiger partial charge in [0.05, 0.1) is 0 Å². The van der Waals surface area contributed by atoms with E-state index in [4.69, 9.17) is 5.73 Å². The van der Waals surface area contributed by atoms with Crippen molar-refractivity contribution >= 4 is 0 Å². The van der Waals surface area contributed by atoms with E-state index < -0.39 is 0 Å². The minimum Gasteiger partial charge on any atom is -0.325 e. The SMILES string of the molecule is CCCCC(N)(CC)C(C)CCC. The summed E-state index contributed by atoms with van der Waals surface area (Å²) in [4.78, 5) is 0. The number of rotatable bonds is 7. The van der Waals surface area contributed by atoms with Gasteiger partial charge in [-0.05, 0) is 25.2 Å². The van der Waals surface area contributed by atoms with E-state index >= 15 is 0 Å². The molecule has 0 aromatic rings. The molecule has 0 bridgehead atoms. The number of hydrogen-bond donors (Lipinski definition) is 1. The lowest BCUT2D eigenvalue weighted by atomic mass is 9.77. The number of hydrogen-bond acceptors (Lipinski definition) is 1. The van der Waals surface area contributed by atoms with Gasteiger partial charge in [-0.3, -0.25) is 0 Å². The monoisotopic (exact) mass is 185 g/mol. The molecule has 1 heteroatoms. The van der Waals surface area contributed by atoms with E-state index in [-0.39, 0.29) is 5.54 Å². The molecule has 2 unspecified atom stereocenters. The highest BCUT2D eigenvalue weighted by Crippen LogP contribution is 2.27. The van der Waals surface area contributed by atoms with Crippen molar-refractivity contribution in [3.05, 3.63) is 0 Å². The van der Waals surface area contributed by atoms with Gasteiger partial charge in [0.2, 0.25) is 0 Å². The van der Waals surface area contributed by atoms with Gasteiger partial charge in [0.15, 0.2) is 0 Å². The molecule has 0 aliphatic heterocycles.